The van der Waals surface area contributed by atoms with E-state index in [0.29, 0.717) is 20.2 Å². The van der Waals surface area contributed by atoms with E-state index < -0.39 is 0 Å². The van der Waals surface area contributed by atoms with E-state index in [9.17, 15) is 0 Å². The Morgan fingerprint density at radius 2 is 2.00 bits per heavy atom. The monoisotopic (exact) mass is 322 g/mol. The predicted molar refractivity (Wildman–Crippen MR) is 66.2 cm³/mol. The van der Waals surface area contributed by atoms with Crippen LogP contribution < -0.4 is 11.1 Å². The van der Waals surface area contributed by atoms with E-state index >= 15 is 0 Å². The third kappa shape index (κ3) is 2.23. The van der Waals surface area contributed by atoms with Crippen LogP contribution in [0.1, 0.15) is 0 Å². The second kappa shape index (κ2) is 4.48. The van der Waals surface area contributed by atoms with Gasteiger partial charge in [-0.3, -0.25) is 0 Å². The van der Waals surface area contributed by atoms with Crippen LogP contribution in [-0.2, 0) is 0 Å². The highest BCUT2D eigenvalue weighted by Crippen LogP contribution is 2.36. The molecule has 0 atom stereocenters. The summed E-state index contributed by atoms with van der Waals surface area (Å²) in [6, 6.07) is 3.59. The number of rotatable bonds is 2. The van der Waals surface area contributed by atoms with Gasteiger partial charge in [-0.15, -0.1) is 0 Å². The lowest BCUT2D eigenvalue weighted by Gasteiger charge is -2.06. The van der Waals surface area contributed by atoms with Crippen LogP contribution in [0.4, 0.5) is 17.7 Å². The van der Waals surface area contributed by atoms with Crippen LogP contribution in [0.2, 0.25) is 10.0 Å². The second-order valence-corrected chi connectivity index (χ2v) is 4.40. The summed E-state index contributed by atoms with van der Waals surface area (Å²) in [6.45, 7) is 0. The van der Waals surface area contributed by atoms with E-state index in [1.165, 1.54) is 0 Å². The molecule has 0 spiro atoms. The van der Waals surface area contributed by atoms with Crippen LogP contribution in [0.15, 0.2) is 21.0 Å². The SMILES string of the molecule is Nc1nnc(Nc2ccc(Br)c(Cl)c2Cl)o1. The van der Waals surface area contributed by atoms with Crippen molar-refractivity contribution >= 4 is 56.8 Å². The maximum absolute atomic E-state index is 6.01. The standard InChI is InChI=1S/C8H5BrCl2N4O/c9-3-1-2-4(6(11)5(3)10)13-8-15-14-7(12)16-8/h1-2H,(H2,12,14)(H,13,15). The Bertz CT molecular complexity index is 531. The molecule has 0 amide bonds. The minimum absolute atomic E-state index is 0.0261. The van der Waals surface area contributed by atoms with E-state index in [-0.39, 0.29) is 12.0 Å². The Labute approximate surface area is 109 Å². The number of anilines is 3. The Morgan fingerprint density at radius 3 is 2.62 bits per heavy atom. The first-order chi connectivity index (χ1) is 7.58. The van der Waals surface area contributed by atoms with Crippen LogP contribution in [-0.4, -0.2) is 10.2 Å². The molecule has 3 N–H and O–H groups in total. The van der Waals surface area contributed by atoms with Crippen molar-refractivity contribution in [1.29, 1.82) is 0 Å². The number of nitrogens with one attached hydrogen (secondary N) is 1. The van der Waals surface area contributed by atoms with Gasteiger partial charge in [0.2, 0.25) is 0 Å². The van der Waals surface area contributed by atoms with Crippen LogP contribution in [0.5, 0.6) is 0 Å². The number of hydrogen-bond acceptors (Lipinski definition) is 5. The minimum atomic E-state index is -0.0261. The average molecular weight is 324 g/mol. The molecular formula is C8H5BrCl2N4O. The number of nitrogen functional groups attached to an aromatic ring is 1. The average Bonchev–Trinajstić information content (AvgIpc) is 2.65. The zero-order chi connectivity index (χ0) is 11.7. The number of benzene rings is 1. The van der Waals surface area contributed by atoms with E-state index in [2.05, 4.69) is 31.4 Å². The van der Waals surface area contributed by atoms with Gasteiger partial charge in [-0.25, -0.2) is 0 Å². The van der Waals surface area contributed by atoms with Gasteiger partial charge in [0.15, 0.2) is 0 Å². The van der Waals surface area contributed by atoms with Crippen molar-refractivity contribution in [3.63, 3.8) is 0 Å². The van der Waals surface area contributed by atoms with Crippen molar-refractivity contribution in [3.05, 3.63) is 26.7 Å². The molecule has 0 saturated carbocycles. The van der Waals surface area contributed by atoms with E-state index in [4.69, 9.17) is 33.4 Å². The normalized spacial score (nSPS) is 10.4. The number of hydrogen-bond donors (Lipinski definition) is 2. The lowest BCUT2D eigenvalue weighted by atomic mass is 10.3. The third-order valence-corrected chi connectivity index (χ3v) is 3.49. The summed E-state index contributed by atoms with van der Waals surface area (Å²) in [5.74, 6) is 0. The van der Waals surface area contributed by atoms with Crippen LogP contribution in [0, 0.1) is 0 Å². The lowest BCUT2D eigenvalue weighted by Crippen LogP contribution is -1.92. The second-order valence-electron chi connectivity index (χ2n) is 2.79. The molecule has 0 unspecified atom stereocenters. The molecule has 8 heteroatoms. The van der Waals surface area contributed by atoms with Crippen molar-refractivity contribution in [2.45, 2.75) is 0 Å². The maximum Gasteiger partial charge on any atom is 0.321 e. The Balaban J connectivity index is 2.32. The van der Waals surface area contributed by atoms with Crippen LogP contribution in [0.25, 0.3) is 0 Å². The smallest absolute Gasteiger partial charge is 0.321 e. The first kappa shape index (κ1) is 11.5. The molecule has 0 radical (unpaired) electrons. The summed E-state index contributed by atoms with van der Waals surface area (Å²) in [4.78, 5) is 0. The molecule has 84 valence electrons. The highest BCUT2D eigenvalue weighted by Gasteiger charge is 2.10. The summed E-state index contributed by atoms with van der Waals surface area (Å²) < 4.78 is 5.65. The van der Waals surface area contributed by atoms with Gasteiger partial charge in [0.05, 0.1) is 15.7 Å². The fraction of sp³-hybridized carbons (Fsp3) is 0. The molecule has 0 aliphatic carbocycles. The molecule has 2 aromatic rings. The maximum atomic E-state index is 6.01. The van der Waals surface area contributed by atoms with Crippen molar-refractivity contribution < 1.29 is 4.42 Å². The largest absolute Gasteiger partial charge is 0.389 e. The molecule has 5 nitrogen and oxygen atoms in total. The van der Waals surface area contributed by atoms with E-state index in [1.54, 1.807) is 12.1 Å². The first-order valence-electron chi connectivity index (χ1n) is 4.07. The summed E-state index contributed by atoms with van der Waals surface area (Å²) in [5.41, 5.74) is 5.83. The van der Waals surface area contributed by atoms with Gasteiger partial charge in [-0.2, -0.15) is 0 Å². The van der Waals surface area contributed by atoms with Crippen molar-refractivity contribution in [3.8, 4) is 0 Å². The van der Waals surface area contributed by atoms with Crippen LogP contribution in [0.3, 0.4) is 0 Å². The van der Waals surface area contributed by atoms with Crippen molar-refractivity contribution in [2.75, 3.05) is 11.1 Å². The Hall–Kier alpha value is -0.980. The summed E-state index contributed by atoms with van der Waals surface area (Å²) in [6.07, 6.45) is 0. The minimum Gasteiger partial charge on any atom is -0.389 e. The molecular weight excluding hydrogens is 319 g/mol. The molecule has 0 bridgehead atoms. The van der Waals surface area contributed by atoms with Crippen molar-refractivity contribution in [2.24, 2.45) is 0 Å². The number of aromatic nitrogens is 2. The summed E-state index contributed by atoms with van der Waals surface area (Å²) in [5, 5.41) is 10.7. The van der Waals surface area contributed by atoms with Crippen molar-refractivity contribution in [1.82, 2.24) is 10.2 Å². The molecule has 0 fully saturated rings. The fourth-order valence-corrected chi connectivity index (χ4v) is 1.84. The molecule has 1 aromatic heterocycles. The fourth-order valence-electron chi connectivity index (χ4n) is 1.02. The molecule has 0 aliphatic heterocycles. The van der Waals surface area contributed by atoms with E-state index in [1.807, 2.05) is 0 Å². The van der Waals surface area contributed by atoms with Crippen LogP contribution >= 0.6 is 39.1 Å². The number of nitrogens with two attached hydrogens (primary N) is 1. The number of nitrogens with zero attached hydrogens (tertiary/aromatic N) is 2. The highest BCUT2D eigenvalue weighted by molar-refractivity contribution is 9.10. The predicted octanol–water partition coefficient (Wildman–Crippen LogP) is 3.46. The topological polar surface area (TPSA) is 77.0 Å². The highest BCUT2D eigenvalue weighted by atomic mass is 79.9. The third-order valence-electron chi connectivity index (χ3n) is 1.72. The van der Waals surface area contributed by atoms with Gasteiger partial charge in [0.1, 0.15) is 0 Å². The van der Waals surface area contributed by atoms with E-state index in [0.717, 1.165) is 0 Å². The molecule has 1 heterocycles. The zero-order valence-corrected chi connectivity index (χ0v) is 10.8. The van der Waals surface area contributed by atoms with Gasteiger partial charge in [0.25, 0.3) is 0 Å². The Kier molecular flexibility index (Phi) is 3.22. The quantitative estimate of drug-likeness (QED) is 0.827. The number of halogens is 3. The van der Waals surface area contributed by atoms with Gasteiger partial charge in [-0.05, 0) is 28.1 Å². The summed E-state index contributed by atoms with van der Waals surface area (Å²) in [7, 11) is 0. The Morgan fingerprint density at radius 1 is 1.25 bits per heavy atom. The molecule has 2 rings (SSSR count). The summed E-state index contributed by atoms with van der Waals surface area (Å²) >= 11 is 15.2. The van der Waals surface area contributed by atoms with Gasteiger partial charge >= 0.3 is 12.0 Å². The molecule has 1 aromatic carbocycles. The van der Waals surface area contributed by atoms with Gasteiger partial charge in [-0.1, -0.05) is 33.4 Å². The molecule has 16 heavy (non-hydrogen) atoms. The molecule has 0 aliphatic rings. The zero-order valence-electron chi connectivity index (χ0n) is 7.67. The first-order valence-corrected chi connectivity index (χ1v) is 5.62. The lowest BCUT2D eigenvalue weighted by molar-refractivity contribution is 0.593. The van der Waals surface area contributed by atoms with Gasteiger partial charge < -0.3 is 15.5 Å². The van der Waals surface area contributed by atoms with Gasteiger partial charge in [0, 0.05) is 4.47 Å². The molecule has 0 saturated heterocycles.